The van der Waals surface area contributed by atoms with Crippen LogP contribution in [0.4, 0.5) is 27.1 Å². The summed E-state index contributed by atoms with van der Waals surface area (Å²) < 4.78 is 95.5. The summed E-state index contributed by atoms with van der Waals surface area (Å²) in [4.78, 5) is 66.2. The molecule has 75 heavy (non-hydrogen) atoms. The first-order chi connectivity index (χ1) is 35.4. The van der Waals surface area contributed by atoms with Crippen LogP contribution in [0.3, 0.4) is 0 Å². The smallest absolute Gasteiger partial charge is 0.324 e. The molecule has 1 saturated carbocycles. The Morgan fingerprint density at radius 1 is 0.840 bits per heavy atom. The van der Waals surface area contributed by atoms with Gasteiger partial charge in [-0.05, 0) is 92.2 Å². The number of carbonyl (C=O) groups excluding carboxylic acids is 5. The first-order valence-corrected chi connectivity index (χ1v) is 28.2. The molecule has 0 spiro atoms. The summed E-state index contributed by atoms with van der Waals surface area (Å²) in [6.07, 6.45) is 10.1. The zero-order valence-corrected chi connectivity index (χ0v) is 45.1. The molecule has 0 aromatic heterocycles. The van der Waals surface area contributed by atoms with Gasteiger partial charge in [0.2, 0.25) is 22.0 Å². The van der Waals surface area contributed by atoms with Crippen LogP contribution in [-0.4, -0.2) is 68.6 Å². The van der Waals surface area contributed by atoms with Crippen LogP contribution in [0.15, 0.2) is 85.6 Å². The third-order valence-corrected chi connectivity index (χ3v) is 15.3. The van der Waals surface area contributed by atoms with Gasteiger partial charge in [-0.1, -0.05) is 96.9 Å². The fourth-order valence-electron chi connectivity index (χ4n) is 8.11. The highest BCUT2D eigenvalue weighted by atomic mass is 32.2. The highest BCUT2D eigenvalue weighted by Crippen LogP contribution is 2.49. The summed E-state index contributed by atoms with van der Waals surface area (Å²) in [6, 6.07) is 11.4. The predicted octanol–water partition coefficient (Wildman–Crippen LogP) is 11.3. The number of carbonyl (C=O) groups is 5. The van der Waals surface area contributed by atoms with E-state index >= 15 is 4.39 Å². The van der Waals surface area contributed by atoms with Crippen LogP contribution in [0.2, 0.25) is 0 Å². The lowest BCUT2D eigenvalue weighted by Crippen LogP contribution is -2.45. The minimum Gasteiger partial charge on any atom is -0.473 e. The number of sulfonamides is 1. The number of amides is 2. The van der Waals surface area contributed by atoms with E-state index in [0.717, 1.165) is 62.9 Å². The summed E-state index contributed by atoms with van der Waals surface area (Å²) >= 11 is 0.305. The van der Waals surface area contributed by atoms with Gasteiger partial charge in [-0.3, -0.25) is 28.5 Å². The van der Waals surface area contributed by atoms with Gasteiger partial charge in [0.15, 0.2) is 11.5 Å². The number of halogens is 1. The molecule has 2 atom stereocenters. The number of hydrogen-bond acceptors (Lipinski definition) is 17. The minimum atomic E-state index is -4.90. The Bertz CT molecular complexity index is 2990. The number of ether oxygens (including phenoxy) is 2. The Hall–Kier alpha value is -5.73. The van der Waals surface area contributed by atoms with E-state index < -0.39 is 88.6 Å². The van der Waals surface area contributed by atoms with Crippen LogP contribution in [0.1, 0.15) is 131 Å². The quantitative estimate of drug-likeness (QED) is 0.00427. The van der Waals surface area contributed by atoms with Crippen LogP contribution in [0, 0.1) is 16.6 Å². The molecule has 5 N–H and O–H groups in total. The summed E-state index contributed by atoms with van der Waals surface area (Å²) in [5, 5.41) is 26.1. The SMILES string of the molecule is CCCCCCCCCCCCNS(=O)(=O)c1ccc(F)c(NC(=O)C(Oc2ccc(N=Nc3c(SOOO)cc4cc(S(=O)(=O)O)cc(NC(C)=O)c4c3OC(=O)C3(C)CCCCC3=O)cc2)C(=O)C(C)(C)C)c1. The van der Waals surface area contributed by atoms with Crippen molar-refractivity contribution in [2.45, 2.75) is 152 Å². The number of ketones is 2. The molecule has 0 aliphatic heterocycles. The third kappa shape index (κ3) is 16.6. The van der Waals surface area contributed by atoms with E-state index in [1.165, 1.54) is 69.4 Å². The molecular weight excluding hydrogens is 1040 g/mol. The summed E-state index contributed by atoms with van der Waals surface area (Å²) in [5.74, 6) is -5.41. The van der Waals surface area contributed by atoms with Crippen molar-refractivity contribution in [2.75, 3.05) is 17.2 Å². The first-order valence-electron chi connectivity index (χ1n) is 24.5. The van der Waals surface area contributed by atoms with E-state index in [4.69, 9.17) is 19.1 Å². The zero-order valence-electron chi connectivity index (χ0n) is 42.7. The van der Waals surface area contributed by atoms with Crippen molar-refractivity contribution in [3.05, 3.63) is 66.5 Å². The fraction of sp³-hybridized carbons (Fsp3) is 0.471. The van der Waals surface area contributed by atoms with E-state index in [2.05, 4.69) is 37.5 Å². The number of anilines is 2. The number of esters is 1. The molecule has 24 heteroatoms. The normalized spacial score (nSPS) is 15.7. The van der Waals surface area contributed by atoms with Gasteiger partial charge in [-0.2, -0.15) is 13.5 Å². The van der Waals surface area contributed by atoms with Gasteiger partial charge in [0, 0.05) is 25.3 Å². The number of hydrogen-bond donors (Lipinski definition) is 5. The number of nitrogens with one attached hydrogen (secondary N) is 3. The Balaban J connectivity index is 1.42. The Morgan fingerprint density at radius 2 is 1.48 bits per heavy atom. The summed E-state index contributed by atoms with van der Waals surface area (Å²) in [6.45, 7) is 9.49. The number of Topliss-reactive ketones (excluding diaryl/α,β-unsaturated/α-hetero) is 2. The van der Waals surface area contributed by atoms with Crippen molar-refractivity contribution < 1.29 is 73.9 Å². The Kier molecular flexibility index (Phi) is 21.5. The molecule has 2 amide bonds. The number of benzene rings is 4. The standard InChI is InChI=1S/C51H64FN5O15S3/c1-7-8-9-10-11-12-13-14-15-18-27-53-74(64,65)36-24-25-38(52)39(30-36)55-48(61)46(47(60)50(3,4)5)69-35-22-20-34(21-23-35)56-57-44-41(73-72-71-63)29-33-28-37(75(66,67)68)31-40(54-32(2)58)43(33)45(44)70-49(62)51(6)26-17-16-19-42(51)59/h20-25,28-31,46,53,63H,7-19,26-27H2,1-6H3,(H,54,58)(H,55,61)(H,66,67,68). The van der Waals surface area contributed by atoms with Crippen molar-refractivity contribution in [3.63, 3.8) is 0 Å². The molecule has 1 aliphatic carbocycles. The molecule has 5 rings (SSSR count). The van der Waals surface area contributed by atoms with Gasteiger partial charge in [-0.15, -0.1) is 9.45 Å². The monoisotopic (exact) mass is 1100 g/mol. The van der Waals surface area contributed by atoms with E-state index in [0.29, 0.717) is 31.3 Å². The number of nitrogens with zero attached hydrogens (tertiary/aromatic N) is 2. The Labute approximate surface area is 440 Å². The van der Waals surface area contributed by atoms with Crippen LogP contribution in [0.25, 0.3) is 10.8 Å². The van der Waals surface area contributed by atoms with Crippen molar-refractivity contribution in [2.24, 2.45) is 21.1 Å². The topological polar surface area (TPSA) is 292 Å². The van der Waals surface area contributed by atoms with Crippen molar-refractivity contribution in [3.8, 4) is 11.5 Å². The van der Waals surface area contributed by atoms with Crippen molar-refractivity contribution >= 4 is 95.1 Å². The van der Waals surface area contributed by atoms with E-state index in [9.17, 15) is 45.4 Å². The summed E-state index contributed by atoms with van der Waals surface area (Å²) in [7, 11) is -9.02. The predicted molar refractivity (Wildman–Crippen MR) is 277 cm³/mol. The van der Waals surface area contributed by atoms with Gasteiger partial charge < -0.3 is 20.1 Å². The molecular formula is C51H64FN5O15S3. The maximum absolute atomic E-state index is 15.2. The molecule has 1 aliphatic rings. The molecule has 4 aromatic rings. The number of fused-ring (bicyclic) bond motifs is 1. The second kappa shape index (κ2) is 26.8. The van der Waals surface area contributed by atoms with E-state index in [1.807, 2.05) is 0 Å². The van der Waals surface area contributed by atoms with Gasteiger partial charge in [0.25, 0.3) is 16.0 Å². The molecule has 0 heterocycles. The number of rotatable bonds is 27. The average molecular weight is 1100 g/mol. The van der Waals surface area contributed by atoms with Gasteiger partial charge in [0.05, 0.1) is 49.2 Å². The van der Waals surface area contributed by atoms with Crippen LogP contribution in [0.5, 0.6) is 11.5 Å². The minimum absolute atomic E-state index is 0.0512. The highest BCUT2D eigenvalue weighted by Gasteiger charge is 2.45. The third-order valence-electron chi connectivity index (χ3n) is 12.4. The van der Waals surface area contributed by atoms with Crippen LogP contribution < -0.4 is 24.8 Å². The lowest BCUT2D eigenvalue weighted by molar-refractivity contribution is -0.432. The van der Waals surface area contributed by atoms with Gasteiger partial charge >= 0.3 is 5.97 Å². The van der Waals surface area contributed by atoms with E-state index in [-0.39, 0.29) is 62.8 Å². The average Bonchev–Trinajstić information content (AvgIpc) is 3.34. The molecule has 4 aromatic carbocycles. The zero-order chi connectivity index (χ0) is 55.1. The fourth-order valence-corrected chi connectivity index (χ4v) is 10.2. The molecule has 0 radical (unpaired) electrons. The Morgan fingerprint density at radius 3 is 2.08 bits per heavy atom. The number of unbranched alkanes of at least 4 members (excludes halogenated alkanes) is 9. The largest absolute Gasteiger partial charge is 0.473 e. The molecule has 0 bridgehead atoms. The van der Waals surface area contributed by atoms with E-state index in [1.54, 1.807) is 20.8 Å². The molecule has 2 unspecified atom stereocenters. The molecule has 20 nitrogen and oxygen atoms in total. The van der Waals surface area contributed by atoms with Crippen molar-refractivity contribution in [1.29, 1.82) is 0 Å². The second-order valence-electron chi connectivity index (χ2n) is 19.4. The van der Waals surface area contributed by atoms with Crippen LogP contribution in [-0.2, 0) is 53.5 Å². The lowest BCUT2D eigenvalue weighted by atomic mass is 9.74. The van der Waals surface area contributed by atoms with Gasteiger partial charge in [-0.25, -0.2) is 22.8 Å². The van der Waals surface area contributed by atoms with Gasteiger partial charge in [0.1, 0.15) is 28.5 Å². The lowest BCUT2D eigenvalue weighted by Gasteiger charge is -2.30. The number of azo groups is 1. The molecule has 0 saturated heterocycles. The second-order valence-corrected chi connectivity index (χ2v) is 23.3. The maximum Gasteiger partial charge on any atom is 0.324 e. The van der Waals surface area contributed by atoms with Crippen molar-refractivity contribution in [1.82, 2.24) is 4.72 Å². The first kappa shape index (κ1) is 60.1. The molecule has 1 fully saturated rings. The maximum atomic E-state index is 15.2. The molecule has 408 valence electrons. The van der Waals surface area contributed by atoms with Crippen LogP contribution >= 0.6 is 12.0 Å². The summed E-state index contributed by atoms with van der Waals surface area (Å²) in [5.41, 5.74) is -3.83. The highest BCUT2D eigenvalue weighted by molar-refractivity contribution is 7.94.